The van der Waals surface area contributed by atoms with Crippen LogP contribution in [0.2, 0.25) is 0 Å². The van der Waals surface area contributed by atoms with Crippen LogP contribution in [0.5, 0.6) is 0 Å². The van der Waals surface area contributed by atoms with Crippen molar-refractivity contribution in [1.82, 2.24) is 0 Å². The zero-order valence-corrected chi connectivity index (χ0v) is 7.29. The van der Waals surface area contributed by atoms with E-state index in [1.807, 2.05) is 0 Å². The zero-order valence-electron chi connectivity index (χ0n) is 6.40. The van der Waals surface area contributed by atoms with Gasteiger partial charge in [-0.1, -0.05) is 6.07 Å². The molecule has 1 unspecified atom stereocenters. The van der Waals surface area contributed by atoms with Crippen LogP contribution in [0.3, 0.4) is 0 Å². The van der Waals surface area contributed by atoms with Gasteiger partial charge in [-0.05, 0) is 18.2 Å². The molecule has 1 atom stereocenters. The lowest BCUT2D eigenvalue weighted by Gasteiger charge is -2.07. The summed E-state index contributed by atoms with van der Waals surface area (Å²) in [6, 6.07) is 4.86. The predicted octanol–water partition coefficient (Wildman–Crippen LogP) is 1.28. The third-order valence-electron chi connectivity index (χ3n) is 1.38. The normalized spacial score (nSPS) is 15.6. The molecule has 0 aliphatic carbocycles. The van der Waals surface area contributed by atoms with Crippen LogP contribution in [0.25, 0.3) is 0 Å². The van der Waals surface area contributed by atoms with E-state index in [2.05, 4.69) is 4.52 Å². The van der Waals surface area contributed by atoms with Gasteiger partial charge in [0, 0.05) is 7.11 Å². The van der Waals surface area contributed by atoms with Crippen molar-refractivity contribution in [1.29, 1.82) is 0 Å². The fourth-order valence-corrected chi connectivity index (χ4v) is 1.53. The molecule has 0 amide bonds. The van der Waals surface area contributed by atoms with Crippen LogP contribution in [0, 0.1) is 5.82 Å². The average molecular weight is 190 g/mol. The summed E-state index contributed by atoms with van der Waals surface area (Å²) in [7, 11) is -2.69. The molecule has 1 rings (SSSR count). The van der Waals surface area contributed by atoms with Gasteiger partial charge in [0.2, 0.25) is 0 Å². The van der Waals surface area contributed by atoms with Crippen molar-refractivity contribution in [2.24, 2.45) is 0 Å². The fraction of sp³-hybridized carbons (Fsp3) is 0.143. The molecule has 0 aromatic heterocycles. The molecule has 0 spiro atoms. The standard InChI is InChI=1S/C7H8FO3P/c1-11-12(9,10)7-4-2-3-6(8)5-7/h2-5H,1H3,(H,9,10). The number of hydrogen-bond acceptors (Lipinski definition) is 2. The highest BCUT2D eigenvalue weighted by molar-refractivity contribution is 7.61. The maximum absolute atomic E-state index is 12.5. The average Bonchev–Trinajstić information content (AvgIpc) is 2.05. The van der Waals surface area contributed by atoms with Crippen LogP contribution >= 0.6 is 7.60 Å². The number of hydrogen-bond donors (Lipinski definition) is 1. The van der Waals surface area contributed by atoms with E-state index in [1.54, 1.807) is 0 Å². The summed E-state index contributed by atoms with van der Waals surface area (Å²) >= 11 is 0. The van der Waals surface area contributed by atoms with Crippen LogP contribution in [0.4, 0.5) is 4.39 Å². The van der Waals surface area contributed by atoms with Gasteiger partial charge in [-0.15, -0.1) is 0 Å². The molecule has 0 saturated heterocycles. The molecule has 1 aromatic rings. The molecule has 0 fully saturated rings. The van der Waals surface area contributed by atoms with E-state index >= 15 is 0 Å². The first-order valence-electron chi connectivity index (χ1n) is 3.21. The van der Waals surface area contributed by atoms with Crippen molar-refractivity contribution in [3.05, 3.63) is 30.1 Å². The maximum atomic E-state index is 12.5. The first-order valence-corrected chi connectivity index (χ1v) is 4.78. The minimum absolute atomic E-state index is 0.0370. The largest absolute Gasteiger partial charge is 0.358 e. The Hall–Kier alpha value is -0.700. The monoisotopic (exact) mass is 190 g/mol. The summed E-state index contributed by atoms with van der Waals surface area (Å²) in [5.74, 6) is -0.557. The second kappa shape index (κ2) is 3.35. The second-order valence-corrected chi connectivity index (χ2v) is 4.11. The smallest absolute Gasteiger partial charge is 0.321 e. The first kappa shape index (κ1) is 9.39. The van der Waals surface area contributed by atoms with Crippen LogP contribution in [0.15, 0.2) is 24.3 Å². The molecular weight excluding hydrogens is 182 g/mol. The lowest BCUT2D eigenvalue weighted by Crippen LogP contribution is -2.05. The molecule has 0 saturated carbocycles. The van der Waals surface area contributed by atoms with Gasteiger partial charge in [-0.2, -0.15) is 0 Å². The highest BCUT2D eigenvalue weighted by Gasteiger charge is 2.20. The second-order valence-electron chi connectivity index (χ2n) is 2.18. The molecule has 0 bridgehead atoms. The van der Waals surface area contributed by atoms with Gasteiger partial charge in [-0.3, -0.25) is 4.57 Å². The number of halogens is 1. The van der Waals surface area contributed by atoms with Crippen LogP contribution in [-0.4, -0.2) is 12.0 Å². The van der Waals surface area contributed by atoms with Crippen LogP contribution in [0.1, 0.15) is 0 Å². The molecule has 1 aromatic carbocycles. The Morgan fingerprint density at radius 2 is 2.25 bits per heavy atom. The van der Waals surface area contributed by atoms with Crippen molar-refractivity contribution in [3.8, 4) is 0 Å². The van der Waals surface area contributed by atoms with Gasteiger partial charge in [0.15, 0.2) is 0 Å². The summed E-state index contributed by atoms with van der Waals surface area (Å²) < 4.78 is 28.0. The van der Waals surface area contributed by atoms with Gasteiger partial charge < -0.3 is 9.42 Å². The topological polar surface area (TPSA) is 46.5 Å². The van der Waals surface area contributed by atoms with Crippen molar-refractivity contribution in [2.45, 2.75) is 0 Å². The van der Waals surface area contributed by atoms with Crippen LogP contribution < -0.4 is 5.30 Å². The third-order valence-corrected chi connectivity index (χ3v) is 2.81. The van der Waals surface area contributed by atoms with Crippen molar-refractivity contribution < 1.29 is 18.4 Å². The summed E-state index contributed by atoms with van der Waals surface area (Å²) in [5, 5.41) is -0.0370. The predicted molar refractivity (Wildman–Crippen MR) is 42.9 cm³/mol. The van der Waals surface area contributed by atoms with Crippen molar-refractivity contribution in [3.63, 3.8) is 0 Å². The minimum atomic E-state index is -3.79. The molecule has 0 aliphatic rings. The van der Waals surface area contributed by atoms with Crippen molar-refractivity contribution >= 4 is 12.9 Å². The summed E-state index contributed by atoms with van der Waals surface area (Å²) in [5.41, 5.74) is 0. The van der Waals surface area contributed by atoms with Crippen molar-refractivity contribution in [2.75, 3.05) is 7.11 Å². The number of rotatable bonds is 2. The third kappa shape index (κ3) is 1.91. The zero-order chi connectivity index (χ0) is 9.19. The molecular formula is C7H8FO3P. The van der Waals surface area contributed by atoms with E-state index in [-0.39, 0.29) is 5.30 Å². The molecule has 0 aliphatic heterocycles. The SMILES string of the molecule is COP(=O)(O)c1cccc(F)c1. The molecule has 12 heavy (non-hydrogen) atoms. The lowest BCUT2D eigenvalue weighted by atomic mass is 10.4. The number of benzene rings is 1. The quantitative estimate of drug-likeness (QED) is 0.714. The summed E-state index contributed by atoms with van der Waals surface area (Å²) in [6.07, 6.45) is 0. The molecule has 1 N–H and O–H groups in total. The Labute approximate surface area is 69.3 Å². The molecule has 0 heterocycles. The first-order chi connectivity index (χ1) is 5.56. The van der Waals surface area contributed by atoms with Gasteiger partial charge in [0.25, 0.3) is 0 Å². The maximum Gasteiger partial charge on any atom is 0.358 e. The Bertz CT molecular complexity index is 326. The lowest BCUT2D eigenvalue weighted by molar-refractivity contribution is 0.328. The van der Waals surface area contributed by atoms with Gasteiger partial charge in [-0.25, -0.2) is 4.39 Å². The van der Waals surface area contributed by atoms with E-state index in [0.717, 1.165) is 13.2 Å². The Morgan fingerprint density at radius 3 is 2.75 bits per heavy atom. The Kier molecular flexibility index (Phi) is 2.62. The summed E-state index contributed by atoms with van der Waals surface area (Å²) in [4.78, 5) is 9.09. The summed E-state index contributed by atoms with van der Waals surface area (Å²) in [6.45, 7) is 0. The van der Waals surface area contributed by atoms with E-state index < -0.39 is 13.4 Å². The van der Waals surface area contributed by atoms with Gasteiger partial charge >= 0.3 is 7.60 Å². The fourth-order valence-electron chi connectivity index (χ4n) is 0.757. The molecule has 0 radical (unpaired) electrons. The highest BCUT2D eigenvalue weighted by atomic mass is 31.2. The van der Waals surface area contributed by atoms with E-state index in [0.29, 0.717) is 0 Å². The van der Waals surface area contributed by atoms with Gasteiger partial charge in [0.05, 0.1) is 5.30 Å². The molecule has 5 heteroatoms. The Morgan fingerprint density at radius 1 is 1.58 bits per heavy atom. The highest BCUT2D eigenvalue weighted by Crippen LogP contribution is 2.39. The Balaban J connectivity index is 3.12. The van der Waals surface area contributed by atoms with Crippen LogP contribution in [-0.2, 0) is 9.09 Å². The minimum Gasteiger partial charge on any atom is -0.321 e. The van der Waals surface area contributed by atoms with E-state index in [1.165, 1.54) is 18.2 Å². The molecule has 3 nitrogen and oxygen atoms in total. The molecule has 66 valence electrons. The van der Waals surface area contributed by atoms with Gasteiger partial charge in [0.1, 0.15) is 5.82 Å². The van der Waals surface area contributed by atoms with E-state index in [9.17, 15) is 8.96 Å². The van der Waals surface area contributed by atoms with E-state index in [4.69, 9.17) is 4.89 Å².